The van der Waals surface area contributed by atoms with Crippen LogP contribution in [0.4, 0.5) is 22.7 Å². The summed E-state index contributed by atoms with van der Waals surface area (Å²) in [6.07, 6.45) is 6.99. The number of nitrogens with one attached hydrogen (secondary N) is 2. The second-order valence-electron chi connectivity index (χ2n) is 9.32. The van der Waals surface area contributed by atoms with E-state index in [0.29, 0.717) is 34.3 Å². The molecule has 0 aliphatic carbocycles. The average Bonchev–Trinajstić information content (AvgIpc) is 3.62. The fourth-order valence-electron chi connectivity index (χ4n) is 5.07. The van der Waals surface area contributed by atoms with Crippen LogP contribution in [-0.4, -0.2) is 69.6 Å². The van der Waals surface area contributed by atoms with Crippen LogP contribution in [0.3, 0.4) is 0 Å². The Morgan fingerprint density at radius 3 is 2.92 bits per heavy atom. The van der Waals surface area contributed by atoms with Crippen molar-refractivity contribution in [2.75, 3.05) is 48.3 Å². The molecule has 2 aliphatic heterocycles. The number of anilines is 4. The number of nitrogens with zero attached hydrogens (tertiary/aromatic N) is 6. The first-order valence-corrected chi connectivity index (χ1v) is 13.8. The number of aromatic nitrogens is 4. The minimum atomic E-state index is -0.359. The molecule has 5 rings (SSSR count). The van der Waals surface area contributed by atoms with E-state index in [0.717, 1.165) is 61.9 Å². The number of pyridine rings is 1. The number of ether oxygens (including phenoxy) is 1. The van der Waals surface area contributed by atoms with E-state index in [2.05, 4.69) is 43.4 Å². The van der Waals surface area contributed by atoms with Gasteiger partial charge in [0.2, 0.25) is 5.95 Å². The van der Waals surface area contributed by atoms with E-state index in [1.165, 1.54) is 24.2 Å². The molecule has 0 amide bonds. The molecule has 2 aliphatic rings. The largest absolute Gasteiger partial charge is 0.462 e. The van der Waals surface area contributed by atoms with Gasteiger partial charge >= 0.3 is 5.97 Å². The van der Waals surface area contributed by atoms with Crippen molar-refractivity contribution >= 4 is 40.0 Å². The number of likely N-dealkylation sites (N-methyl/N-ethyl adjacent to an activating group) is 1. The van der Waals surface area contributed by atoms with Gasteiger partial charge in [-0.05, 0) is 57.8 Å². The zero-order valence-corrected chi connectivity index (χ0v) is 22.5. The molecule has 0 radical (unpaired) electrons. The van der Waals surface area contributed by atoms with Crippen molar-refractivity contribution in [2.24, 2.45) is 0 Å². The van der Waals surface area contributed by atoms with Crippen LogP contribution in [0.2, 0.25) is 0 Å². The maximum atomic E-state index is 12.3. The number of esters is 1. The summed E-state index contributed by atoms with van der Waals surface area (Å²) in [6, 6.07) is 4.55. The third kappa shape index (κ3) is 5.67. The Labute approximate surface area is 221 Å². The summed E-state index contributed by atoms with van der Waals surface area (Å²) >= 11 is 1.26. The molecule has 0 saturated carbocycles. The number of aryl methyl sites for hydroxylation is 1. The zero-order chi connectivity index (χ0) is 25.8. The highest BCUT2D eigenvalue weighted by molar-refractivity contribution is 7.17. The van der Waals surface area contributed by atoms with Gasteiger partial charge in [-0.1, -0.05) is 24.3 Å². The normalized spacial score (nSPS) is 17.2. The second kappa shape index (κ2) is 11.4. The van der Waals surface area contributed by atoms with Crippen LogP contribution >= 0.6 is 11.3 Å². The van der Waals surface area contributed by atoms with Gasteiger partial charge in [0.1, 0.15) is 16.5 Å². The summed E-state index contributed by atoms with van der Waals surface area (Å²) in [5.74, 6) is 1.88. The Hall–Kier alpha value is -3.31. The zero-order valence-electron chi connectivity index (χ0n) is 21.7. The summed E-state index contributed by atoms with van der Waals surface area (Å²) in [5.41, 5.74) is 2.90. The molecular weight excluding hydrogens is 488 g/mol. The number of hydrogen-bond donors (Lipinski definition) is 2. The van der Waals surface area contributed by atoms with Gasteiger partial charge in [-0.2, -0.15) is 9.97 Å². The van der Waals surface area contributed by atoms with Gasteiger partial charge in [-0.3, -0.25) is 15.2 Å². The molecule has 5 heterocycles. The fraction of sp³-hybridized carbons (Fsp3) is 0.500. The molecule has 1 fully saturated rings. The van der Waals surface area contributed by atoms with E-state index < -0.39 is 0 Å². The molecule has 2 N–H and O–H groups in total. The van der Waals surface area contributed by atoms with Crippen molar-refractivity contribution in [3.05, 3.63) is 46.2 Å². The summed E-state index contributed by atoms with van der Waals surface area (Å²) < 4.78 is 5.17. The lowest BCUT2D eigenvalue weighted by atomic mass is 10.2. The number of carbonyl (C=O) groups excluding carboxylic acids is 1. The lowest BCUT2D eigenvalue weighted by molar-refractivity contribution is 0.0531. The number of thiazole rings is 1. The smallest absolute Gasteiger partial charge is 0.350 e. The number of likely N-dealkylation sites (tertiary alicyclic amines) is 1. The maximum Gasteiger partial charge on any atom is 0.350 e. The van der Waals surface area contributed by atoms with E-state index in [1.54, 1.807) is 20.0 Å². The molecule has 10 nitrogen and oxygen atoms in total. The molecule has 0 aromatic carbocycles. The summed E-state index contributed by atoms with van der Waals surface area (Å²) in [6.45, 7) is 10.8. The standard InChI is InChI=1S/C26H34N8O2S/c1-4-33-12-7-9-19(33)15-28-22-20-10-13-34(16-18-8-6-11-27-14-18)23(20)31-25(30-22)32-26-29-17(3)21(37-26)24(35)36-5-2/h6,8,11,14,19H,4-5,7,9-10,12-13,15-16H2,1-3H3,(H2,28,29,30,31,32). The third-order valence-corrected chi connectivity index (χ3v) is 7.95. The van der Waals surface area contributed by atoms with Crippen LogP contribution in [0.1, 0.15) is 53.2 Å². The number of fused-ring (bicyclic) bond motifs is 1. The number of hydrogen-bond acceptors (Lipinski definition) is 11. The first kappa shape index (κ1) is 25.3. The van der Waals surface area contributed by atoms with Gasteiger partial charge in [-0.15, -0.1) is 0 Å². The van der Waals surface area contributed by atoms with Crippen molar-refractivity contribution in [3.8, 4) is 0 Å². The fourth-order valence-corrected chi connectivity index (χ4v) is 5.93. The van der Waals surface area contributed by atoms with Crippen LogP contribution in [0.15, 0.2) is 24.5 Å². The second-order valence-corrected chi connectivity index (χ2v) is 10.3. The Kier molecular flexibility index (Phi) is 7.80. The molecule has 37 heavy (non-hydrogen) atoms. The van der Waals surface area contributed by atoms with E-state index in [9.17, 15) is 4.79 Å². The Balaban J connectivity index is 1.42. The summed E-state index contributed by atoms with van der Waals surface area (Å²) in [5, 5.41) is 7.47. The van der Waals surface area contributed by atoms with Gasteiger partial charge < -0.3 is 15.0 Å². The van der Waals surface area contributed by atoms with Gasteiger partial charge in [0.15, 0.2) is 5.13 Å². The highest BCUT2D eigenvalue weighted by Crippen LogP contribution is 2.35. The third-order valence-electron chi connectivity index (χ3n) is 6.90. The summed E-state index contributed by atoms with van der Waals surface area (Å²) in [4.78, 5) is 36.1. The molecule has 3 aromatic heterocycles. The van der Waals surface area contributed by atoms with Crippen LogP contribution in [-0.2, 0) is 17.7 Å². The highest BCUT2D eigenvalue weighted by atomic mass is 32.1. The molecule has 1 saturated heterocycles. The lowest BCUT2D eigenvalue weighted by Crippen LogP contribution is -2.35. The predicted octanol–water partition coefficient (Wildman–Crippen LogP) is 4.02. The Morgan fingerprint density at radius 1 is 1.24 bits per heavy atom. The quantitative estimate of drug-likeness (QED) is 0.379. The molecule has 3 aromatic rings. The predicted molar refractivity (Wildman–Crippen MR) is 146 cm³/mol. The number of carbonyl (C=O) groups is 1. The van der Waals surface area contributed by atoms with Gasteiger partial charge in [0, 0.05) is 43.6 Å². The molecule has 0 bridgehead atoms. The van der Waals surface area contributed by atoms with Gasteiger partial charge in [0.05, 0.1) is 12.3 Å². The highest BCUT2D eigenvalue weighted by Gasteiger charge is 2.28. The minimum absolute atomic E-state index is 0.325. The van der Waals surface area contributed by atoms with E-state index in [4.69, 9.17) is 14.7 Å². The molecule has 1 unspecified atom stereocenters. The Morgan fingerprint density at radius 2 is 2.14 bits per heavy atom. The molecule has 0 spiro atoms. The van der Waals surface area contributed by atoms with Crippen LogP contribution in [0, 0.1) is 6.92 Å². The van der Waals surface area contributed by atoms with Crippen LogP contribution < -0.4 is 15.5 Å². The maximum absolute atomic E-state index is 12.3. The first-order chi connectivity index (χ1) is 18.1. The van der Waals surface area contributed by atoms with E-state index >= 15 is 0 Å². The molecule has 1 atom stereocenters. The minimum Gasteiger partial charge on any atom is -0.462 e. The molecule has 196 valence electrons. The SMILES string of the molecule is CCOC(=O)c1sc(Nc2nc(NCC3CCCN3CC)c3c(n2)N(Cc2cccnc2)CC3)nc1C. The van der Waals surface area contributed by atoms with Crippen molar-refractivity contribution in [3.63, 3.8) is 0 Å². The van der Waals surface area contributed by atoms with Crippen molar-refractivity contribution in [2.45, 2.75) is 52.6 Å². The molecular formula is C26H34N8O2S. The molecule has 11 heteroatoms. The van der Waals surface area contributed by atoms with Crippen molar-refractivity contribution < 1.29 is 9.53 Å². The topological polar surface area (TPSA) is 108 Å². The Bertz CT molecular complexity index is 1230. The van der Waals surface area contributed by atoms with Crippen LogP contribution in [0.5, 0.6) is 0 Å². The van der Waals surface area contributed by atoms with E-state index in [-0.39, 0.29) is 5.97 Å². The average molecular weight is 523 g/mol. The van der Waals surface area contributed by atoms with Crippen molar-refractivity contribution in [1.82, 2.24) is 24.8 Å². The first-order valence-electron chi connectivity index (χ1n) is 13.0. The van der Waals surface area contributed by atoms with Gasteiger partial charge in [0.25, 0.3) is 0 Å². The van der Waals surface area contributed by atoms with Crippen LogP contribution in [0.25, 0.3) is 0 Å². The summed E-state index contributed by atoms with van der Waals surface area (Å²) in [7, 11) is 0. The lowest BCUT2D eigenvalue weighted by Gasteiger charge is -2.24. The number of rotatable bonds is 10. The monoisotopic (exact) mass is 522 g/mol. The van der Waals surface area contributed by atoms with E-state index in [1.807, 2.05) is 12.3 Å². The van der Waals surface area contributed by atoms with Crippen molar-refractivity contribution in [1.29, 1.82) is 0 Å². The van der Waals surface area contributed by atoms with Gasteiger partial charge in [-0.25, -0.2) is 9.78 Å².